The van der Waals surface area contributed by atoms with Crippen LogP contribution in [0.4, 0.5) is 5.82 Å². The van der Waals surface area contributed by atoms with Crippen molar-refractivity contribution >= 4 is 42.2 Å². The van der Waals surface area contributed by atoms with E-state index in [0.717, 1.165) is 62.9 Å². The summed E-state index contributed by atoms with van der Waals surface area (Å²) in [5, 5.41) is 4.08. The summed E-state index contributed by atoms with van der Waals surface area (Å²) in [7, 11) is 0. The van der Waals surface area contributed by atoms with Crippen LogP contribution in [0.1, 0.15) is 11.3 Å². The lowest BCUT2D eigenvalue weighted by molar-refractivity contribution is 0.122. The van der Waals surface area contributed by atoms with Crippen LogP contribution in [0.15, 0.2) is 24.3 Å². The molecule has 4 rings (SSSR count). The van der Waals surface area contributed by atoms with Gasteiger partial charge in [-0.05, 0) is 25.1 Å². The second kappa shape index (κ2) is 9.01. The SMILES string of the molecule is Cl.Cl.Clc1ccccc1-c1nc2c(c(N3CCOCC3)n1)CCNC2. The number of nitrogens with one attached hydrogen (secondary N) is 1. The molecule has 2 aliphatic heterocycles. The maximum absolute atomic E-state index is 6.35. The highest BCUT2D eigenvalue weighted by atomic mass is 35.5. The third-order valence-electron chi connectivity index (χ3n) is 4.34. The van der Waals surface area contributed by atoms with E-state index in [1.807, 2.05) is 24.3 Å². The molecule has 0 atom stereocenters. The molecule has 1 aromatic heterocycles. The van der Waals surface area contributed by atoms with Crippen molar-refractivity contribution in [2.75, 3.05) is 37.7 Å². The highest BCUT2D eigenvalue weighted by Gasteiger charge is 2.23. The van der Waals surface area contributed by atoms with E-state index in [9.17, 15) is 0 Å². The van der Waals surface area contributed by atoms with Crippen LogP contribution in [0.3, 0.4) is 0 Å². The Morgan fingerprint density at radius 2 is 1.84 bits per heavy atom. The van der Waals surface area contributed by atoms with Crippen molar-refractivity contribution < 1.29 is 4.74 Å². The Morgan fingerprint density at radius 1 is 1.08 bits per heavy atom. The molecule has 25 heavy (non-hydrogen) atoms. The third kappa shape index (κ3) is 4.18. The van der Waals surface area contributed by atoms with Gasteiger partial charge in [0.2, 0.25) is 0 Å². The second-order valence-corrected chi connectivity index (χ2v) is 6.21. The first-order valence-corrected chi connectivity index (χ1v) is 8.39. The smallest absolute Gasteiger partial charge is 0.163 e. The normalized spacial score (nSPS) is 16.4. The van der Waals surface area contributed by atoms with Crippen LogP contribution < -0.4 is 10.2 Å². The van der Waals surface area contributed by atoms with Gasteiger partial charge in [-0.1, -0.05) is 23.7 Å². The van der Waals surface area contributed by atoms with Gasteiger partial charge < -0.3 is 15.0 Å². The van der Waals surface area contributed by atoms with Crippen molar-refractivity contribution in [3.05, 3.63) is 40.5 Å². The zero-order valence-corrected chi connectivity index (χ0v) is 16.1. The summed E-state index contributed by atoms with van der Waals surface area (Å²) in [6.07, 6.45) is 0.963. The van der Waals surface area contributed by atoms with Gasteiger partial charge in [-0.3, -0.25) is 0 Å². The van der Waals surface area contributed by atoms with E-state index in [1.54, 1.807) is 0 Å². The van der Waals surface area contributed by atoms with Crippen molar-refractivity contribution in [3.8, 4) is 11.4 Å². The number of anilines is 1. The van der Waals surface area contributed by atoms with E-state index in [2.05, 4.69) is 10.2 Å². The highest BCUT2D eigenvalue weighted by molar-refractivity contribution is 6.33. The third-order valence-corrected chi connectivity index (χ3v) is 4.67. The lowest BCUT2D eigenvalue weighted by Gasteiger charge is -2.31. The Hall–Kier alpha value is -1.11. The number of halogens is 3. The quantitative estimate of drug-likeness (QED) is 0.835. The Labute approximate surface area is 165 Å². The fourth-order valence-corrected chi connectivity index (χ4v) is 3.36. The van der Waals surface area contributed by atoms with Crippen LogP contribution in [-0.2, 0) is 17.7 Å². The number of aromatic nitrogens is 2. The van der Waals surface area contributed by atoms with Crippen LogP contribution in [0, 0.1) is 0 Å². The average molecular weight is 404 g/mol. The Balaban J connectivity index is 0.00000113. The first-order chi connectivity index (χ1) is 11.3. The summed E-state index contributed by atoms with van der Waals surface area (Å²) in [5.41, 5.74) is 3.24. The minimum atomic E-state index is 0. The molecule has 8 heteroatoms. The van der Waals surface area contributed by atoms with E-state index < -0.39 is 0 Å². The van der Waals surface area contributed by atoms with Crippen LogP contribution >= 0.6 is 36.4 Å². The summed E-state index contributed by atoms with van der Waals surface area (Å²) < 4.78 is 5.48. The number of fused-ring (bicyclic) bond motifs is 1. The van der Waals surface area contributed by atoms with Gasteiger partial charge in [-0.25, -0.2) is 9.97 Å². The standard InChI is InChI=1S/C17H19ClN4O.2ClH/c18-14-4-2-1-3-12(14)16-20-15-11-19-6-5-13(15)17(21-16)22-7-9-23-10-8-22;;/h1-4,19H,5-11H2;2*1H. The van der Waals surface area contributed by atoms with Crippen molar-refractivity contribution in [2.24, 2.45) is 0 Å². The zero-order valence-electron chi connectivity index (χ0n) is 13.7. The zero-order chi connectivity index (χ0) is 15.6. The minimum absolute atomic E-state index is 0. The number of morpholine rings is 1. The highest BCUT2D eigenvalue weighted by Crippen LogP contribution is 2.30. The van der Waals surface area contributed by atoms with Gasteiger partial charge in [-0.15, -0.1) is 24.8 Å². The molecule has 2 aliphatic rings. The molecule has 1 saturated heterocycles. The van der Waals surface area contributed by atoms with Gasteiger partial charge in [0.05, 0.1) is 23.9 Å². The van der Waals surface area contributed by atoms with Crippen molar-refractivity contribution in [1.29, 1.82) is 0 Å². The molecule has 0 radical (unpaired) electrons. The lowest BCUT2D eigenvalue weighted by atomic mass is 10.1. The molecule has 2 aromatic rings. The van der Waals surface area contributed by atoms with Crippen LogP contribution in [0.25, 0.3) is 11.4 Å². The molecule has 1 N–H and O–H groups in total. The Bertz CT molecular complexity index is 723. The summed E-state index contributed by atoms with van der Waals surface area (Å²) in [6, 6.07) is 7.75. The molecule has 3 heterocycles. The molecule has 1 fully saturated rings. The number of ether oxygens (including phenoxy) is 1. The monoisotopic (exact) mass is 402 g/mol. The van der Waals surface area contributed by atoms with Crippen molar-refractivity contribution in [2.45, 2.75) is 13.0 Å². The largest absolute Gasteiger partial charge is 0.378 e. The van der Waals surface area contributed by atoms with Crippen LogP contribution in [0.5, 0.6) is 0 Å². The fraction of sp³-hybridized carbons (Fsp3) is 0.412. The van der Waals surface area contributed by atoms with Gasteiger partial charge in [0.15, 0.2) is 5.82 Å². The molecular formula is C17H21Cl3N4O. The van der Waals surface area contributed by atoms with Gasteiger partial charge in [-0.2, -0.15) is 0 Å². The number of hydrogen-bond acceptors (Lipinski definition) is 5. The van der Waals surface area contributed by atoms with Gasteiger partial charge in [0.1, 0.15) is 5.82 Å². The Morgan fingerprint density at radius 3 is 2.60 bits per heavy atom. The molecule has 136 valence electrons. The van der Waals surface area contributed by atoms with Crippen LogP contribution in [-0.4, -0.2) is 42.8 Å². The number of hydrogen-bond donors (Lipinski definition) is 1. The topological polar surface area (TPSA) is 50.3 Å². The van der Waals surface area contributed by atoms with Gasteiger partial charge in [0.25, 0.3) is 0 Å². The van der Waals surface area contributed by atoms with E-state index in [-0.39, 0.29) is 24.8 Å². The minimum Gasteiger partial charge on any atom is -0.378 e. The molecule has 1 aromatic carbocycles. The molecule has 0 bridgehead atoms. The number of nitrogens with zero attached hydrogens (tertiary/aromatic N) is 3. The molecule has 0 unspecified atom stereocenters. The van der Waals surface area contributed by atoms with Crippen molar-refractivity contribution in [1.82, 2.24) is 15.3 Å². The average Bonchev–Trinajstić information content (AvgIpc) is 2.62. The Kier molecular flexibility index (Phi) is 7.28. The fourth-order valence-electron chi connectivity index (χ4n) is 3.14. The maximum Gasteiger partial charge on any atom is 0.163 e. The summed E-state index contributed by atoms with van der Waals surface area (Å²) >= 11 is 6.35. The first-order valence-electron chi connectivity index (χ1n) is 8.01. The molecule has 0 aliphatic carbocycles. The van der Waals surface area contributed by atoms with E-state index >= 15 is 0 Å². The summed E-state index contributed by atoms with van der Waals surface area (Å²) in [4.78, 5) is 12.0. The van der Waals surface area contributed by atoms with Crippen molar-refractivity contribution in [3.63, 3.8) is 0 Å². The van der Waals surface area contributed by atoms with Gasteiger partial charge >= 0.3 is 0 Å². The molecule has 5 nitrogen and oxygen atoms in total. The van der Waals surface area contributed by atoms with Gasteiger partial charge in [0, 0.05) is 30.8 Å². The van der Waals surface area contributed by atoms with Crippen LogP contribution in [0.2, 0.25) is 5.02 Å². The lowest BCUT2D eigenvalue weighted by Crippen LogP contribution is -2.39. The second-order valence-electron chi connectivity index (χ2n) is 5.80. The summed E-state index contributed by atoms with van der Waals surface area (Å²) in [5.74, 6) is 1.76. The molecule has 0 amide bonds. The molecule has 0 saturated carbocycles. The predicted molar refractivity (Wildman–Crippen MR) is 105 cm³/mol. The van der Waals surface area contributed by atoms with E-state index in [4.69, 9.17) is 26.3 Å². The summed E-state index contributed by atoms with van der Waals surface area (Å²) in [6.45, 7) is 5.00. The number of rotatable bonds is 2. The molecule has 0 spiro atoms. The predicted octanol–water partition coefficient (Wildman–Crippen LogP) is 3.12. The maximum atomic E-state index is 6.35. The number of benzene rings is 1. The molecular weight excluding hydrogens is 383 g/mol. The van der Waals surface area contributed by atoms with E-state index in [1.165, 1.54) is 5.56 Å². The van der Waals surface area contributed by atoms with E-state index in [0.29, 0.717) is 10.8 Å². The first kappa shape index (κ1) is 20.2.